The van der Waals surface area contributed by atoms with Gasteiger partial charge in [-0.2, -0.15) is 0 Å². The van der Waals surface area contributed by atoms with Crippen LogP contribution < -0.4 is 0 Å². The first kappa shape index (κ1) is 16.8. The van der Waals surface area contributed by atoms with Crippen molar-refractivity contribution in [2.75, 3.05) is 32.8 Å². The fourth-order valence-electron chi connectivity index (χ4n) is 2.48. The third kappa shape index (κ3) is 5.66. The lowest BCUT2D eigenvalue weighted by molar-refractivity contribution is -0.144. The molecule has 5 heteroatoms. The van der Waals surface area contributed by atoms with E-state index in [1.807, 2.05) is 19.1 Å². The van der Waals surface area contributed by atoms with Crippen LogP contribution in [-0.2, 0) is 14.3 Å². The minimum Gasteiger partial charge on any atom is -0.462 e. The van der Waals surface area contributed by atoms with Crippen LogP contribution in [0.15, 0.2) is 22.6 Å². The van der Waals surface area contributed by atoms with Crippen LogP contribution in [0.5, 0.6) is 0 Å². The molecule has 2 heterocycles. The van der Waals surface area contributed by atoms with Gasteiger partial charge in [-0.15, -0.1) is 0 Å². The fourth-order valence-corrected chi connectivity index (χ4v) is 2.48. The van der Waals surface area contributed by atoms with Crippen LogP contribution in [0.1, 0.15) is 25.4 Å². The van der Waals surface area contributed by atoms with Crippen LogP contribution in [0.2, 0.25) is 0 Å². The Morgan fingerprint density at radius 2 is 2.32 bits per heavy atom. The van der Waals surface area contributed by atoms with E-state index in [0.717, 1.165) is 25.4 Å². The van der Waals surface area contributed by atoms with Gasteiger partial charge in [0.25, 0.3) is 0 Å². The molecule has 0 bridgehead atoms. The number of esters is 1. The lowest BCUT2D eigenvalue weighted by Gasteiger charge is -2.33. The number of aryl methyl sites for hydroxylation is 1. The van der Waals surface area contributed by atoms with Crippen molar-refractivity contribution >= 4 is 12.0 Å². The van der Waals surface area contributed by atoms with Gasteiger partial charge in [0.1, 0.15) is 24.2 Å². The minimum absolute atomic E-state index is 0.0456. The Labute approximate surface area is 131 Å². The first-order valence-electron chi connectivity index (χ1n) is 7.78. The Morgan fingerprint density at radius 3 is 3.00 bits per heavy atom. The highest BCUT2D eigenvalue weighted by molar-refractivity contribution is 5.86. The number of hydrogen-bond donors (Lipinski definition) is 0. The van der Waals surface area contributed by atoms with Gasteiger partial charge in [-0.25, -0.2) is 4.79 Å². The normalized spacial score (nSPS) is 19.9. The van der Waals surface area contributed by atoms with E-state index < -0.39 is 0 Å². The molecule has 1 saturated heterocycles. The van der Waals surface area contributed by atoms with E-state index in [2.05, 4.69) is 18.7 Å². The Balaban J connectivity index is 1.72. The van der Waals surface area contributed by atoms with E-state index in [1.54, 1.807) is 6.08 Å². The first-order valence-corrected chi connectivity index (χ1v) is 7.78. The maximum atomic E-state index is 11.7. The molecule has 0 aromatic carbocycles. The zero-order valence-corrected chi connectivity index (χ0v) is 13.6. The second kappa shape index (κ2) is 8.15. The average Bonchev–Trinajstić information content (AvgIpc) is 2.88. The van der Waals surface area contributed by atoms with Gasteiger partial charge in [0.15, 0.2) is 0 Å². The van der Waals surface area contributed by atoms with Gasteiger partial charge in [-0.05, 0) is 31.1 Å². The molecule has 0 spiro atoms. The van der Waals surface area contributed by atoms with Crippen LogP contribution in [0.4, 0.5) is 0 Å². The van der Waals surface area contributed by atoms with E-state index in [1.165, 1.54) is 6.08 Å². The summed E-state index contributed by atoms with van der Waals surface area (Å²) in [7, 11) is 0. The molecule has 1 aromatic heterocycles. The van der Waals surface area contributed by atoms with Crippen molar-refractivity contribution < 1.29 is 18.7 Å². The van der Waals surface area contributed by atoms with Gasteiger partial charge in [0.05, 0.1) is 6.61 Å². The summed E-state index contributed by atoms with van der Waals surface area (Å²) in [6.45, 7) is 10.0. The number of nitrogens with zero attached hydrogens (tertiary/aromatic N) is 1. The van der Waals surface area contributed by atoms with Crippen LogP contribution >= 0.6 is 0 Å². The Morgan fingerprint density at radius 1 is 1.50 bits per heavy atom. The van der Waals surface area contributed by atoms with Crippen molar-refractivity contribution in [2.24, 2.45) is 5.92 Å². The summed E-state index contributed by atoms with van der Waals surface area (Å²) in [5.74, 6) is 1.71. The molecule has 5 nitrogen and oxygen atoms in total. The molecule has 1 aliphatic rings. The first-order chi connectivity index (χ1) is 10.5. The molecule has 0 saturated carbocycles. The summed E-state index contributed by atoms with van der Waals surface area (Å²) in [6.07, 6.45) is 2.95. The molecule has 2 rings (SSSR count). The van der Waals surface area contributed by atoms with E-state index >= 15 is 0 Å². The second-order valence-electron chi connectivity index (χ2n) is 6.06. The molecule has 1 unspecified atom stereocenters. The average molecular weight is 307 g/mol. The zero-order chi connectivity index (χ0) is 15.9. The minimum atomic E-state index is -0.376. The fraction of sp³-hybridized carbons (Fsp3) is 0.588. The summed E-state index contributed by atoms with van der Waals surface area (Å²) >= 11 is 0. The quantitative estimate of drug-likeness (QED) is 0.597. The largest absolute Gasteiger partial charge is 0.462 e. The molecule has 1 atom stereocenters. The number of hydrogen-bond acceptors (Lipinski definition) is 5. The maximum Gasteiger partial charge on any atom is 0.330 e. The Kier molecular flexibility index (Phi) is 6.21. The standard InChI is InChI=1S/C17H25NO4/c1-13(2)10-18-8-9-20-16(11-18)12-21-17(19)7-6-15-5-4-14(3)22-15/h4-7,13,16H,8-12H2,1-3H3/b7-6+. The van der Waals surface area contributed by atoms with Crippen molar-refractivity contribution in [3.8, 4) is 0 Å². The molecule has 122 valence electrons. The number of rotatable bonds is 6. The third-order valence-electron chi connectivity index (χ3n) is 3.40. The van der Waals surface area contributed by atoms with E-state index in [-0.39, 0.29) is 18.7 Å². The highest BCUT2D eigenvalue weighted by atomic mass is 16.6. The predicted molar refractivity (Wildman–Crippen MR) is 84.5 cm³/mol. The lowest BCUT2D eigenvalue weighted by atomic mass is 10.2. The molecule has 1 aromatic rings. The number of morpholine rings is 1. The molecule has 1 fully saturated rings. The van der Waals surface area contributed by atoms with Crippen molar-refractivity contribution in [3.63, 3.8) is 0 Å². The Hall–Kier alpha value is -1.59. The van der Waals surface area contributed by atoms with Crippen LogP contribution in [-0.4, -0.2) is 49.8 Å². The summed E-state index contributed by atoms with van der Waals surface area (Å²) in [4.78, 5) is 14.1. The molecule has 0 amide bonds. The smallest absolute Gasteiger partial charge is 0.330 e. The molecule has 0 radical (unpaired) electrons. The van der Waals surface area contributed by atoms with Gasteiger partial charge in [-0.3, -0.25) is 4.90 Å². The monoisotopic (exact) mass is 307 g/mol. The highest BCUT2D eigenvalue weighted by Crippen LogP contribution is 2.10. The third-order valence-corrected chi connectivity index (χ3v) is 3.40. The number of furan rings is 1. The molecule has 22 heavy (non-hydrogen) atoms. The van der Waals surface area contributed by atoms with Crippen LogP contribution in [0.25, 0.3) is 6.08 Å². The van der Waals surface area contributed by atoms with Crippen molar-refractivity contribution in [1.82, 2.24) is 4.90 Å². The number of carbonyl (C=O) groups is 1. The SMILES string of the molecule is Cc1ccc(/C=C/C(=O)OCC2CN(CC(C)C)CCO2)o1. The van der Waals surface area contributed by atoms with E-state index in [0.29, 0.717) is 18.3 Å². The maximum absolute atomic E-state index is 11.7. The van der Waals surface area contributed by atoms with E-state index in [4.69, 9.17) is 13.9 Å². The molecular weight excluding hydrogens is 282 g/mol. The number of carbonyl (C=O) groups excluding carboxylic acids is 1. The molecule has 0 N–H and O–H groups in total. The summed E-state index contributed by atoms with van der Waals surface area (Å²) in [6, 6.07) is 3.66. The Bertz CT molecular complexity index is 507. The van der Waals surface area contributed by atoms with Gasteiger partial charge in [0, 0.05) is 25.7 Å². The van der Waals surface area contributed by atoms with Crippen molar-refractivity contribution in [2.45, 2.75) is 26.9 Å². The van der Waals surface area contributed by atoms with Gasteiger partial charge < -0.3 is 13.9 Å². The second-order valence-corrected chi connectivity index (χ2v) is 6.06. The van der Waals surface area contributed by atoms with Crippen LogP contribution in [0.3, 0.4) is 0 Å². The lowest BCUT2D eigenvalue weighted by Crippen LogP contribution is -2.45. The van der Waals surface area contributed by atoms with E-state index in [9.17, 15) is 4.79 Å². The zero-order valence-electron chi connectivity index (χ0n) is 13.6. The summed E-state index contributed by atoms with van der Waals surface area (Å²) in [5, 5.41) is 0. The highest BCUT2D eigenvalue weighted by Gasteiger charge is 2.21. The van der Waals surface area contributed by atoms with Gasteiger partial charge >= 0.3 is 5.97 Å². The van der Waals surface area contributed by atoms with Crippen LogP contribution in [0, 0.1) is 12.8 Å². The van der Waals surface area contributed by atoms with Crippen molar-refractivity contribution in [3.05, 3.63) is 29.7 Å². The predicted octanol–water partition coefficient (Wildman–Crippen LogP) is 2.50. The summed E-state index contributed by atoms with van der Waals surface area (Å²) in [5.41, 5.74) is 0. The molecular formula is C17H25NO4. The van der Waals surface area contributed by atoms with Gasteiger partial charge in [-0.1, -0.05) is 13.8 Å². The van der Waals surface area contributed by atoms with Crippen molar-refractivity contribution in [1.29, 1.82) is 0 Å². The molecule has 1 aliphatic heterocycles. The topological polar surface area (TPSA) is 51.9 Å². The van der Waals surface area contributed by atoms with Gasteiger partial charge in [0.2, 0.25) is 0 Å². The molecule has 0 aliphatic carbocycles. The number of ether oxygens (including phenoxy) is 2. The summed E-state index contributed by atoms with van der Waals surface area (Å²) < 4.78 is 16.2.